The van der Waals surface area contributed by atoms with Crippen LogP contribution >= 0.6 is 0 Å². The summed E-state index contributed by atoms with van der Waals surface area (Å²) in [7, 11) is 1.75. The number of aromatic nitrogens is 1. The zero-order chi connectivity index (χ0) is 14.9. The lowest BCUT2D eigenvalue weighted by atomic mass is 9.97. The second-order valence-corrected chi connectivity index (χ2v) is 5.32. The lowest BCUT2D eigenvalue weighted by molar-refractivity contribution is -0.144. The predicted molar refractivity (Wildman–Crippen MR) is 74.8 cm³/mol. The van der Waals surface area contributed by atoms with Gasteiger partial charge in [0.2, 0.25) is 5.91 Å². The quantitative estimate of drug-likeness (QED) is 0.589. The van der Waals surface area contributed by atoms with Crippen LogP contribution < -0.4 is 11.3 Å². The summed E-state index contributed by atoms with van der Waals surface area (Å²) in [5.41, 5.74) is 1.99. The maximum Gasteiger partial charge on any atom is 0.256 e. The molecule has 0 saturated carbocycles. The maximum atomic E-state index is 12.5. The van der Waals surface area contributed by atoms with Gasteiger partial charge in [-0.3, -0.25) is 9.59 Å². The van der Waals surface area contributed by atoms with Gasteiger partial charge < -0.3 is 15.2 Å². The summed E-state index contributed by atoms with van der Waals surface area (Å²) >= 11 is 0. The van der Waals surface area contributed by atoms with Crippen molar-refractivity contribution in [2.45, 2.75) is 19.4 Å². The molecule has 0 bridgehead atoms. The van der Waals surface area contributed by atoms with Crippen molar-refractivity contribution in [1.29, 1.82) is 0 Å². The lowest BCUT2D eigenvalue weighted by Crippen LogP contribution is -2.63. The van der Waals surface area contributed by atoms with Gasteiger partial charge in [0.05, 0.1) is 5.56 Å². The van der Waals surface area contributed by atoms with Crippen LogP contribution in [0.2, 0.25) is 0 Å². The van der Waals surface area contributed by atoms with Crippen LogP contribution in [0.1, 0.15) is 24.2 Å². The highest BCUT2D eigenvalue weighted by Crippen LogP contribution is 2.23. The summed E-state index contributed by atoms with van der Waals surface area (Å²) < 4.78 is 0. The Bertz CT molecular complexity index is 526. The summed E-state index contributed by atoms with van der Waals surface area (Å²) in [4.78, 5) is 32.0. The van der Waals surface area contributed by atoms with E-state index >= 15 is 0 Å². The molecule has 0 atom stereocenters. The fourth-order valence-corrected chi connectivity index (χ4v) is 2.33. The third kappa shape index (κ3) is 2.32. The average molecular weight is 277 g/mol. The molecule has 20 heavy (non-hydrogen) atoms. The molecule has 1 saturated heterocycles. The molecule has 1 aromatic heterocycles. The molecule has 7 heteroatoms. The second kappa shape index (κ2) is 5.09. The van der Waals surface area contributed by atoms with Crippen LogP contribution in [0.5, 0.6) is 0 Å². The van der Waals surface area contributed by atoms with E-state index in [2.05, 4.69) is 10.4 Å². The van der Waals surface area contributed by atoms with E-state index < -0.39 is 5.54 Å². The Balaban J connectivity index is 2.25. The molecule has 2 heterocycles. The predicted octanol–water partition coefficient (Wildman–Crippen LogP) is 0.0600. The Morgan fingerprint density at radius 2 is 2.10 bits per heavy atom. The van der Waals surface area contributed by atoms with Crippen LogP contribution in [-0.2, 0) is 4.79 Å². The first-order chi connectivity index (χ1) is 9.37. The Labute approximate surface area is 117 Å². The van der Waals surface area contributed by atoms with E-state index in [-0.39, 0.29) is 11.8 Å². The SMILES string of the molecule is CN1CCN(C(=O)c2ccc(NN)nc2)C(C)(C)C1=O. The molecule has 0 unspecified atom stereocenters. The van der Waals surface area contributed by atoms with Crippen molar-refractivity contribution in [3.05, 3.63) is 23.9 Å². The van der Waals surface area contributed by atoms with E-state index in [0.717, 1.165) is 0 Å². The summed E-state index contributed by atoms with van der Waals surface area (Å²) in [6.07, 6.45) is 1.45. The Morgan fingerprint density at radius 3 is 2.65 bits per heavy atom. The molecule has 2 rings (SSSR count). The molecule has 0 spiro atoms. The van der Waals surface area contributed by atoms with E-state index in [1.165, 1.54) is 6.20 Å². The van der Waals surface area contributed by atoms with Crippen LogP contribution in [-0.4, -0.2) is 52.3 Å². The molecule has 7 nitrogen and oxygen atoms in total. The minimum absolute atomic E-state index is 0.0645. The molecule has 108 valence electrons. The number of rotatable bonds is 2. The number of nitrogens with zero attached hydrogens (tertiary/aromatic N) is 3. The first-order valence-electron chi connectivity index (χ1n) is 6.38. The van der Waals surface area contributed by atoms with Crippen LogP contribution in [0, 0.1) is 0 Å². The van der Waals surface area contributed by atoms with Crippen LogP contribution in [0.15, 0.2) is 18.3 Å². The summed E-state index contributed by atoms with van der Waals surface area (Å²) in [6.45, 7) is 4.55. The maximum absolute atomic E-state index is 12.5. The van der Waals surface area contributed by atoms with Gasteiger partial charge in [-0.25, -0.2) is 10.8 Å². The average Bonchev–Trinajstić information content (AvgIpc) is 2.44. The smallest absolute Gasteiger partial charge is 0.256 e. The summed E-state index contributed by atoms with van der Waals surface area (Å²) in [5.74, 6) is 5.45. The van der Waals surface area contributed by atoms with Crippen LogP contribution in [0.25, 0.3) is 0 Å². The minimum Gasteiger partial charge on any atom is -0.342 e. The Hall–Kier alpha value is -2.15. The fraction of sp³-hybridized carbons (Fsp3) is 0.462. The number of nitrogens with two attached hydrogens (primary N) is 1. The van der Waals surface area contributed by atoms with E-state index in [1.807, 2.05) is 0 Å². The van der Waals surface area contributed by atoms with Gasteiger partial charge in [0.15, 0.2) is 0 Å². The molecule has 0 radical (unpaired) electrons. The van der Waals surface area contributed by atoms with Crippen molar-refractivity contribution >= 4 is 17.6 Å². The molecule has 3 N–H and O–H groups in total. The number of pyridine rings is 1. The topological polar surface area (TPSA) is 91.6 Å². The van der Waals surface area contributed by atoms with Gasteiger partial charge in [-0.1, -0.05) is 0 Å². The number of carbonyl (C=O) groups excluding carboxylic acids is 2. The highest BCUT2D eigenvalue weighted by Gasteiger charge is 2.43. The number of carbonyl (C=O) groups is 2. The largest absolute Gasteiger partial charge is 0.342 e. The van der Waals surface area contributed by atoms with E-state index in [0.29, 0.717) is 24.5 Å². The number of hydrazine groups is 1. The summed E-state index contributed by atoms with van der Waals surface area (Å²) in [5, 5.41) is 0. The number of nitrogens with one attached hydrogen (secondary N) is 1. The number of likely N-dealkylation sites (N-methyl/N-ethyl adjacent to an activating group) is 1. The molecule has 1 fully saturated rings. The second-order valence-electron chi connectivity index (χ2n) is 5.32. The zero-order valence-electron chi connectivity index (χ0n) is 11.9. The number of hydrogen-bond donors (Lipinski definition) is 2. The van der Waals surface area contributed by atoms with Gasteiger partial charge >= 0.3 is 0 Å². The lowest BCUT2D eigenvalue weighted by Gasteiger charge is -2.44. The van der Waals surface area contributed by atoms with Gasteiger partial charge in [0.1, 0.15) is 11.4 Å². The molecule has 1 aliphatic heterocycles. The van der Waals surface area contributed by atoms with Crippen LogP contribution in [0.4, 0.5) is 5.82 Å². The molecular weight excluding hydrogens is 258 g/mol. The van der Waals surface area contributed by atoms with Crippen molar-refractivity contribution in [1.82, 2.24) is 14.8 Å². The van der Waals surface area contributed by atoms with Crippen molar-refractivity contribution in [3.8, 4) is 0 Å². The first kappa shape index (κ1) is 14.3. The minimum atomic E-state index is -0.852. The standard InChI is InChI=1S/C13H19N5O2/c1-13(2)12(20)17(3)6-7-18(13)11(19)9-4-5-10(16-14)15-8-9/h4-5,8H,6-7,14H2,1-3H3,(H,15,16). The number of nitrogen functional groups attached to an aromatic ring is 1. The normalized spacial score (nSPS) is 18.1. The Morgan fingerprint density at radius 1 is 1.40 bits per heavy atom. The van der Waals surface area contributed by atoms with E-state index in [9.17, 15) is 9.59 Å². The number of amides is 2. The molecule has 2 amide bonds. The van der Waals surface area contributed by atoms with Crippen LogP contribution in [0.3, 0.4) is 0 Å². The third-order valence-electron chi connectivity index (χ3n) is 3.61. The van der Waals surface area contributed by atoms with Gasteiger partial charge in [0, 0.05) is 26.3 Å². The molecule has 1 aliphatic rings. The molecular formula is C13H19N5O2. The van der Waals surface area contributed by atoms with E-state index in [4.69, 9.17) is 5.84 Å². The van der Waals surface area contributed by atoms with Gasteiger partial charge in [-0.15, -0.1) is 0 Å². The zero-order valence-corrected chi connectivity index (χ0v) is 11.9. The van der Waals surface area contributed by atoms with Gasteiger partial charge in [-0.2, -0.15) is 0 Å². The number of anilines is 1. The molecule has 0 aromatic carbocycles. The van der Waals surface area contributed by atoms with E-state index in [1.54, 1.807) is 42.8 Å². The fourth-order valence-electron chi connectivity index (χ4n) is 2.33. The highest BCUT2D eigenvalue weighted by atomic mass is 16.2. The highest BCUT2D eigenvalue weighted by molar-refractivity contribution is 5.99. The molecule has 1 aromatic rings. The van der Waals surface area contributed by atoms with Crippen molar-refractivity contribution in [2.24, 2.45) is 5.84 Å². The monoisotopic (exact) mass is 277 g/mol. The number of hydrogen-bond acceptors (Lipinski definition) is 5. The van der Waals surface area contributed by atoms with Gasteiger partial charge in [-0.05, 0) is 26.0 Å². The Kier molecular flexibility index (Phi) is 3.63. The van der Waals surface area contributed by atoms with Crippen molar-refractivity contribution in [2.75, 3.05) is 25.6 Å². The summed E-state index contributed by atoms with van der Waals surface area (Å²) in [6, 6.07) is 3.27. The van der Waals surface area contributed by atoms with Crippen molar-refractivity contribution < 1.29 is 9.59 Å². The molecule has 0 aliphatic carbocycles. The first-order valence-corrected chi connectivity index (χ1v) is 6.38. The number of piperazine rings is 1. The van der Waals surface area contributed by atoms with Gasteiger partial charge in [0.25, 0.3) is 5.91 Å². The third-order valence-corrected chi connectivity index (χ3v) is 3.61. The van der Waals surface area contributed by atoms with Crippen molar-refractivity contribution in [3.63, 3.8) is 0 Å².